The van der Waals surface area contributed by atoms with Crippen LogP contribution in [0.15, 0.2) is 10.8 Å². The van der Waals surface area contributed by atoms with Crippen LogP contribution in [0.3, 0.4) is 0 Å². The molecule has 2 fully saturated rings. The van der Waals surface area contributed by atoms with Crippen LogP contribution in [0.4, 0.5) is 11.5 Å². The number of fused-ring (bicyclic) bond motifs is 1. The lowest BCUT2D eigenvalue weighted by Gasteiger charge is -2.45. The fraction of sp³-hybridized carbons (Fsp3) is 0.680. The molecule has 2 aromatic heterocycles. The molecule has 0 bridgehead atoms. The smallest absolute Gasteiger partial charge is 0.223 e. The topological polar surface area (TPSA) is 111 Å². The van der Waals surface area contributed by atoms with E-state index in [0.717, 1.165) is 31.0 Å². The number of hydrogen-bond acceptors (Lipinski definition) is 8. The number of hydrogen-bond donors (Lipinski definition) is 1. The molecule has 184 valence electrons. The van der Waals surface area contributed by atoms with Gasteiger partial charge in [0.15, 0.2) is 5.82 Å². The van der Waals surface area contributed by atoms with E-state index in [1.165, 1.54) is 36.1 Å². The van der Waals surface area contributed by atoms with Gasteiger partial charge in [0.2, 0.25) is 18.2 Å². The number of anilines is 2. The molecule has 9 heteroatoms. The predicted octanol–water partition coefficient (Wildman–Crippen LogP) is 3.08. The number of nitrogens with zero attached hydrogens (tertiary/aromatic N) is 5. The monoisotopic (exact) mass is 468 g/mol. The van der Waals surface area contributed by atoms with E-state index in [2.05, 4.69) is 42.8 Å². The van der Waals surface area contributed by atoms with E-state index in [-0.39, 0.29) is 17.6 Å². The summed E-state index contributed by atoms with van der Waals surface area (Å²) in [4.78, 5) is 22.6. The maximum Gasteiger partial charge on any atom is 0.223 e. The summed E-state index contributed by atoms with van der Waals surface area (Å²) in [6.07, 6.45) is 5.30. The van der Waals surface area contributed by atoms with Crippen LogP contribution >= 0.6 is 0 Å². The van der Waals surface area contributed by atoms with Crippen molar-refractivity contribution in [2.75, 3.05) is 30.3 Å². The zero-order valence-corrected chi connectivity index (χ0v) is 20.7. The van der Waals surface area contributed by atoms with E-state index in [4.69, 9.17) is 19.9 Å². The average Bonchev–Trinajstić information content (AvgIpc) is 3.51. The van der Waals surface area contributed by atoms with Crippen LogP contribution in [0.2, 0.25) is 0 Å². The summed E-state index contributed by atoms with van der Waals surface area (Å²) in [7, 11) is 0. The highest BCUT2D eigenvalue weighted by Crippen LogP contribution is 2.46. The van der Waals surface area contributed by atoms with Crippen LogP contribution in [0.25, 0.3) is 0 Å². The second-order valence-electron chi connectivity index (χ2n) is 10.9. The number of ether oxygens (including phenoxy) is 1. The van der Waals surface area contributed by atoms with Crippen LogP contribution in [0.5, 0.6) is 0 Å². The fourth-order valence-corrected chi connectivity index (χ4v) is 5.28. The van der Waals surface area contributed by atoms with E-state index in [1.54, 1.807) is 0 Å². The minimum Gasteiger partial charge on any atom is -0.428 e. The third kappa shape index (κ3) is 4.50. The zero-order chi connectivity index (χ0) is 24.0. The van der Waals surface area contributed by atoms with Crippen molar-refractivity contribution < 1.29 is 13.9 Å². The van der Waals surface area contributed by atoms with Crippen molar-refractivity contribution in [3.63, 3.8) is 0 Å². The van der Waals surface area contributed by atoms with Crippen molar-refractivity contribution >= 4 is 17.4 Å². The molecule has 0 spiro atoms. The Morgan fingerprint density at radius 2 is 2.06 bits per heavy atom. The number of piperazine rings is 1. The van der Waals surface area contributed by atoms with E-state index >= 15 is 0 Å². The van der Waals surface area contributed by atoms with Gasteiger partial charge in [-0.05, 0) is 38.2 Å². The van der Waals surface area contributed by atoms with E-state index in [1.807, 2.05) is 4.90 Å². The molecule has 4 heterocycles. The third-order valence-electron chi connectivity index (χ3n) is 7.41. The first-order chi connectivity index (χ1) is 16.2. The number of nitrogens with two attached hydrogens (primary N) is 1. The van der Waals surface area contributed by atoms with Crippen molar-refractivity contribution in [1.29, 1.82) is 0 Å². The third-order valence-corrected chi connectivity index (χ3v) is 7.41. The second kappa shape index (κ2) is 8.83. The van der Waals surface area contributed by atoms with Crippen LogP contribution in [0.1, 0.15) is 75.6 Å². The minimum absolute atomic E-state index is 0.0883. The lowest BCUT2D eigenvalue weighted by Crippen LogP contribution is -2.57. The maximum atomic E-state index is 13.1. The minimum atomic E-state index is -0.232. The number of aromatic nitrogens is 3. The first-order valence-electron chi connectivity index (χ1n) is 12.5. The molecule has 2 aromatic rings. The molecule has 1 aliphatic carbocycles. The van der Waals surface area contributed by atoms with Gasteiger partial charge in [-0.1, -0.05) is 13.8 Å². The van der Waals surface area contributed by atoms with Gasteiger partial charge in [-0.25, -0.2) is 4.98 Å². The Balaban J connectivity index is 1.38. The fourth-order valence-electron chi connectivity index (χ4n) is 5.28. The largest absolute Gasteiger partial charge is 0.428 e. The number of rotatable bonds is 6. The number of amides is 1. The van der Waals surface area contributed by atoms with Crippen LogP contribution in [-0.2, 0) is 29.0 Å². The van der Waals surface area contributed by atoms with Gasteiger partial charge in [-0.2, -0.15) is 0 Å². The highest BCUT2D eigenvalue weighted by Gasteiger charge is 2.38. The number of aryl methyl sites for hydroxylation is 1. The normalized spacial score (nSPS) is 22.2. The summed E-state index contributed by atoms with van der Waals surface area (Å²) >= 11 is 0. The van der Waals surface area contributed by atoms with Crippen LogP contribution < -0.4 is 10.6 Å². The molecule has 0 radical (unpaired) electrons. The highest BCUT2D eigenvalue weighted by atomic mass is 16.5. The molecule has 1 saturated heterocycles. The van der Waals surface area contributed by atoms with E-state index in [0.29, 0.717) is 43.7 Å². The van der Waals surface area contributed by atoms with Crippen LogP contribution in [0, 0.1) is 5.92 Å². The van der Waals surface area contributed by atoms with E-state index < -0.39 is 0 Å². The van der Waals surface area contributed by atoms with Gasteiger partial charge in [0.25, 0.3) is 0 Å². The Labute approximate surface area is 201 Å². The predicted molar refractivity (Wildman–Crippen MR) is 128 cm³/mol. The maximum absolute atomic E-state index is 13.1. The molecule has 34 heavy (non-hydrogen) atoms. The zero-order valence-electron chi connectivity index (χ0n) is 20.7. The summed E-state index contributed by atoms with van der Waals surface area (Å²) in [5.41, 5.74) is 10.9. The molecule has 9 nitrogen and oxygen atoms in total. The second-order valence-corrected chi connectivity index (χ2v) is 10.9. The molecule has 2 N–H and O–H groups in total. The molecule has 1 amide bonds. The Kier molecular flexibility index (Phi) is 6.00. The molecule has 0 aromatic carbocycles. The molecule has 5 rings (SSSR count). The highest BCUT2D eigenvalue weighted by molar-refractivity contribution is 5.77. The molecular weight excluding hydrogens is 432 g/mol. The van der Waals surface area contributed by atoms with Crippen molar-refractivity contribution in [2.45, 2.75) is 84.0 Å². The lowest BCUT2D eigenvalue weighted by molar-refractivity contribution is -0.135. The summed E-state index contributed by atoms with van der Waals surface area (Å²) in [6.45, 7) is 11.3. The van der Waals surface area contributed by atoms with Gasteiger partial charge < -0.3 is 24.7 Å². The quantitative estimate of drug-likeness (QED) is 0.689. The number of nitrogen functional groups attached to an aromatic ring is 1. The Morgan fingerprint density at radius 3 is 2.74 bits per heavy atom. The molecule has 3 aliphatic rings. The van der Waals surface area contributed by atoms with Gasteiger partial charge in [0.05, 0.1) is 29.6 Å². The molecule has 1 saturated carbocycles. The number of carbonyl (C=O) groups excluding carboxylic acids is 1. The van der Waals surface area contributed by atoms with Crippen molar-refractivity contribution in [1.82, 2.24) is 20.1 Å². The Morgan fingerprint density at radius 1 is 1.26 bits per heavy atom. The van der Waals surface area contributed by atoms with Crippen molar-refractivity contribution in [3.8, 4) is 0 Å². The SMILES string of the molecule is CC(C)[C@@H]1CN(c2nc(C3CC3)c3c(c2N)CC(C)(C)OC3)CCN1C(=O)CCc1nnco1. The number of pyridine rings is 1. The van der Waals surface area contributed by atoms with Gasteiger partial charge in [0.1, 0.15) is 0 Å². The standard InChI is InChI=1S/C25H36N6O3/c1-15(2)19-12-30(9-10-31(19)21(32)8-7-20-29-27-14-33-20)24-22(26)17-11-25(3,4)34-13-18(17)23(28-24)16-5-6-16/h14-16,19H,5-13,26H2,1-4H3/t19-/m0/s1. The van der Waals surface area contributed by atoms with E-state index in [9.17, 15) is 4.79 Å². The van der Waals surface area contributed by atoms with Gasteiger partial charge >= 0.3 is 0 Å². The first-order valence-corrected chi connectivity index (χ1v) is 12.5. The van der Waals surface area contributed by atoms with Crippen molar-refractivity contribution in [2.24, 2.45) is 5.92 Å². The summed E-state index contributed by atoms with van der Waals surface area (Å²) in [5.74, 6) is 2.34. The summed E-state index contributed by atoms with van der Waals surface area (Å²) in [5, 5.41) is 7.59. The van der Waals surface area contributed by atoms with Gasteiger partial charge in [0, 0.05) is 50.4 Å². The molecule has 1 atom stereocenters. The summed E-state index contributed by atoms with van der Waals surface area (Å²) in [6, 6.07) is 0.0883. The number of carbonyl (C=O) groups is 1. The Bertz CT molecular complexity index is 1050. The first kappa shape index (κ1) is 23.1. The lowest BCUT2D eigenvalue weighted by atomic mass is 9.89. The van der Waals surface area contributed by atoms with Gasteiger partial charge in [-0.15, -0.1) is 10.2 Å². The molecule has 2 aliphatic heterocycles. The van der Waals surface area contributed by atoms with Crippen LogP contribution in [-0.4, -0.2) is 57.3 Å². The average molecular weight is 469 g/mol. The van der Waals surface area contributed by atoms with Gasteiger partial charge in [-0.3, -0.25) is 4.79 Å². The Hall–Kier alpha value is -2.68. The molecular formula is C25H36N6O3. The molecule has 0 unspecified atom stereocenters. The van der Waals surface area contributed by atoms with Crippen molar-refractivity contribution in [3.05, 3.63) is 29.1 Å². The summed E-state index contributed by atoms with van der Waals surface area (Å²) < 4.78 is 11.3.